The van der Waals surface area contributed by atoms with Crippen LogP contribution in [0, 0.1) is 0 Å². The summed E-state index contributed by atoms with van der Waals surface area (Å²) in [5.41, 5.74) is 0.617. The summed E-state index contributed by atoms with van der Waals surface area (Å²) in [6.45, 7) is 3.70. The predicted molar refractivity (Wildman–Crippen MR) is 81.8 cm³/mol. The van der Waals surface area contributed by atoms with E-state index in [1.165, 1.54) is 10.5 Å². The van der Waals surface area contributed by atoms with Gasteiger partial charge >= 0.3 is 0 Å². The van der Waals surface area contributed by atoms with Crippen LogP contribution in [-0.4, -0.2) is 50.6 Å². The third kappa shape index (κ3) is 3.72. The molecule has 0 amide bonds. The van der Waals surface area contributed by atoms with E-state index >= 15 is 0 Å². The maximum atomic E-state index is 12.8. The number of methoxy groups -OCH3 is 1. The number of hydrogen-bond donors (Lipinski definition) is 1. The van der Waals surface area contributed by atoms with Crippen LogP contribution in [0.1, 0.15) is 26.2 Å². The first-order chi connectivity index (χ1) is 10.1. The SMILES string of the molecule is CCCNc1ccncc1S(=O)(=O)N1CCCC(OC)C1. The molecule has 7 heteroatoms. The number of hydrogen-bond acceptors (Lipinski definition) is 5. The van der Waals surface area contributed by atoms with Crippen molar-refractivity contribution in [1.82, 2.24) is 9.29 Å². The largest absolute Gasteiger partial charge is 0.384 e. The number of rotatable bonds is 6. The average molecular weight is 313 g/mol. The van der Waals surface area contributed by atoms with Crippen LogP contribution in [0.2, 0.25) is 0 Å². The van der Waals surface area contributed by atoms with Gasteiger partial charge in [-0.15, -0.1) is 0 Å². The van der Waals surface area contributed by atoms with E-state index in [4.69, 9.17) is 4.74 Å². The first-order valence-electron chi connectivity index (χ1n) is 7.30. The van der Waals surface area contributed by atoms with E-state index in [2.05, 4.69) is 10.3 Å². The summed E-state index contributed by atoms with van der Waals surface area (Å²) in [6, 6.07) is 1.71. The molecular weight excluding hydrogens is 290 g/mol. The number of sulfonamides is 1. The molecule has 0 radical (unpaired) electrons. The molecule has 1 aliphatic rings. The van der Waals surface area contributed by atoms with Gasteiger partial charge in [0.1, 0.15) is 4.90 Å². The van der Waals surface area contributed by atoms with Crippen molar-refractivity contribution in [3.8, 4) is 0 Å². The molecule has 1 N–H and O–H groups in total. The highest BCUT2D eigenvalue weighted by Crippen LogP contribution is 2.26. The Bertz CT molecular complexity index is 562. The summed E-state index contributed by atoms with van der Waals surface area (Å²) in [5, 5.41) is 3.16. The molecular formula is C14H23N3O3S. The standard InChI is InChI=1S/C14H23N3O3S/c1-3-7-16-13-6-8-15-10-14(13)21(18,19)17-9-4-5-12(11-17)20-2/h6,8,10,12H,3-5,7,9,11H2,1-2H3,(H,15,16). The van der Waals surface area contributed by atoms with Crippen LogP contribution < -0.4 is 5.32 Å². The van der Waals surface area contributed by atoms with Crippen LogP contribution in [-0.2, 0) is 14.8 Å². The number of pyridine rings is 1. The van der Waals surface area contributed by atoms with Crippen LogP contribution >= 0.6 is 0 Å². The van der Waals surface area contributed by atoms with Gasteiger partial charge in [-0.2, -0.15) is 4.31 Å². The van der Waals surface area contributed by atoms with Crippen molar-refractivity contribution >= 4 is 15.7 Å². The van der Waals surface area contributed by atoms with Crippen molar-refractivity contribution in [2.75, 3.05) is 32.1 Å². The fourth-order valence-electron chi connectivity index (χ4n) is 2.45. The first kappa shape index (κ1) is 16.2. The fraction of sp³-hybridized carbons (Fsp3) is 0.643. The molecule has 1 saturated heterocycles. The van der Waals surface area contributed by atoms with Crippen LogP contribution in [0.3, 0.4) is 0 Å². The van der Waals surface area contributed by atoms with E-state index in [-0.39, 0.29) is 11.0 Å². The molecule has 118 valence electrons. The molecule has 6 nitrogen and oxygen atoms in total. The lowest BCUT2D eigenvalue weighted by Crippen LogP contribution is -2.43. The highest BCUT2D eigenvalue weighted by molar-refractivity contribution is 7.89. The topological polar surface area (TPSA) is 71.5 Å². The van der Waals surface area contributed by atoms with E-state index in [9.17, 15) is 8.42 Å². The van der Waals surface area contributed by atoms with Crippen molar-refractivity contribution in [2.24, 2.45) is 0 Å². The van der Waals surface area contributed by atoms with Crippen LogP contribution in [0.4, 0.5) is 5.69 Å². The highest BCUT2D eigenvalue weighted by Gasteiger charge is 2.31. The van der Waals surface area contributed by atoms with Gasteiger partial charge < -0.3 is 10.1 Å². The third-order valence-electron chi connectivity index (χ3n) is 3.64. The Labute approximate surface area is 126 Å². The minimum atomic E-state index is -3.54. The van der Waals surface area contributed by atoms with Gasteiger partial charge in [0.25, 0.3) is 0 Å². The molecule has 0 spiro atoms. The van der Waals surface area contributed by atoms with Gasteiger partial charge in [0.2, 0.25) is 10.0 Å². The molecule has 1 unspecified atom stereocenters. The molecule has 0 aliphatic carbocycles. The number of nitrogens with zero attached hydrogens (tertiary/aromatic N) is 2. The lowest BCUT2D eigenvalue weighted by molar-refractivity contribution is 0.0572. The second-order valence-corrected chi connectivity index (χ2v) is 7.07. The number of anilines is 1. The van der Waals surface area contributed by atoms with Gasteiger partial charge in [-0.1, -0.05) is 6.92 Å². The predicted octanol–water partition coefficient (Wildman–Crippen LogP) is 1.70. The summed E-state index contributed by atoms with van der Waals surface area (Å²) >= 11 is 0. The Balaban J connectivity index is 2.26. The highest BCUT2D eigenvalue weighted by atomic mass is 32.2. The molecule has 1 aromatic heterocycles. The van der Waals surface area contributed by atoms with Crippen LogP contribution in [0.5, 0.6) is 0 Å². The average Bonchev–Trinajstić information content (AvgIpc) is 2.53. The summed E-state index contributed by atoms with van der Waals surface area (Å²) in [7, 11) is -1.91. The summed E-state index contributed by atoms with van der Waals surface area (Å²) in [5.74, 6) is 0. The molecule has 0 saturated carbocycles. The zero-order valence-electron chi connectivity index (χ0n) is 12.6. The molecule has 0 bridgehead atoms. The van der Waals surface area contributed by atoms with E-state index < -0.39 is 10.0 Å². The number of piperidine rings is 1. The maximum Gasteiger partial charge on any atom is 0.246 e. The molecule has 0 aromatic carbocycles. The smallest absolute Gasteiger partial charge is 0.246 e. The second-order valence-electron chi connectivity index (χ2n) is 5.16. The maximum absolute atomic E-state index is 12.8. The number of ether oxygens (including phenoxy) is 1. The van der Waals surface area contributed by atoms with Gasteiger partial charge in [-0.25, -0.2) is 8.42 Å². The van der Waals surface area contributed by atoms with Gasteiger partial charge in [0.05, 0.1) is 11.8 Å². The normalized spacial score (nSPS) is 20.4. The quantitative estimate of drug-likeness (QED) is 0.865. The molecule has 1 fully saturated rings. The zero-order valence-corrected chi connectivity index (χ0v) is 13.4. The fourth-order valence-corrected chi connectivity index (χ4v) is 4.07. The molecule has 2 heterocycles. The third-order valence-corrected chi connectivity index (χ3v) is 5.53. The zero-order chi connectivity index (χ0) is 15.3. The van der Waals surface area contributed by atoms with Crippen molar-refractivity contribution in [2.45, 2.75) is 37.2 Å². The van der Waals surface area contributed by atoms with Crippen LogP contribution in [0.15, 0.2) is 23.4 Å². The second kappa shape index (κ2) is 7.20. The van der Waals surface area contributed by atoms with Gasteiger partial charge in [0, 0.05) is 39.1 Å². The van der Waals surface area contributed by atoms with Gasteiger partial charge in [0.15, 0.2) is 0 Å². The molecule has 1 aliphatic heterocycles. The molecule has 1 atom stereocenters. The summed E-state index contributed by atoms with van der Waals surface area (Å²) < 4.78 is 32.5. The van der Waals surface area contributed by atoms with E-state index in [0.29, 0.717) is 18.8 Å². The van der Waals surface area contributed by atoms with Crippen molar-refractivity contribution < 1.29 is 13.2 Å². The summed E-state index contributed by atoms with van der Waals surface area (Å²) in [6.07, 6.45) is 5.63. The van der Waals surface area contributed by atoms with E-state index in [1.807, 2.05) is 6.92 Å². The first-order valence-corrected chi connectivity index (χ1v) is 8.74. The lowest BCUT2D eigenvalue weighted by atomic mass is 10.1. The van der Waals surface area contributed by atoms with Gasteiger partial charge in [-0.05, 0) is 25.3 Å². The van der Waals surface area contributed by atoms with Crippen molar-refractivity contribution in [1.29, 1.82) is 0 Å². The minimum absolute atomic E-state index is 0.0303. The Morgan fingerprint density at radius 2 is 2.33 bits per heavy atom. The minimum Gasteiger partial charge on any atom is -0.384 e. The van der Waals surface area contributed by atoms with E-state index in [0.717, 1.165) is 25.8 Å². The lowest BCUT2D eigenvalue weighted by Gasteiger charge is -2.31. The molecule has 21 heavy (non-hydrogen) atoms. The van der Waals surface area contributed by atoms with E-state index in [1.54, 1.807) is 19.4 Å². The molecule has 2 rings (SSSR count). The monoisotopic (exact) mass is 313 g/mol. The Kier molecular flexibility index (Phi) is 5.55. The number of aromatic nitrogens is 1. The Hall–Kier alpha value is -1.18. The number of nitrogens with one attached hydrogen (secondary N) is 1. The van der Waals surface area contributed by atoms with Crippen molar-refractivity contribution in [3.05, 3.63) is 18.5 Å². The Morgan fingerprint density at radius 3 is 3.05 bits per heavy atom. The van der Waals surface area contributed by atoms with Crippen molar-refractivity contribution in [3.63, 3.8) is 0 Å². The Morgan fingerprint density at radius 1 is 1.52 bits per heavy atom. The summed E-state index contributed by atoms with van der Waals surface area (Å²) in [4.78, 5) is 4.22. The molecule has 1 aromatic rings. The van der Waals surface area contributed by atoms with Gasteiger partial charge in [-0.3, -0.25) is 4.98 Å². The van der Waals surface area contributed by atoms with Crippen LogP contribution in [0.25, 0.3) is 0 Å².